The van der Waals surface area contributed by atoms with Crippen molar-refractivity contribution >= 4 is 23.5 Å². The van der Waals surface area contributed by atoms with Gasteiger partial charge in [-0.1, -0.05) is 24.3 Å². The zero-order chi connectivity index (χ0) is 19.6. The molecule has 0 aromatic heterocycles. The highest BCUT2D eigenvalue weighted by atomic mass is 16.5. The Morgan fingerprint density at radius 1 is 1.22 bits per heavy atom. The van der Waals surface area contributed by atoms with Crippen LogP contribution in [0.4, 0.5) is 5.69 Å². The van der Waals surface area contributed by atoms with E-state index in [-0.39, 0.29) is 0 Å². The number of para-hydroxylation sites is 1. The van der Waals surface area contributed by atoms with Gasteiger partial charge in [0.05, 0.1) is 19.8 Å². The summed E-state index contributed by atoms with van der Waals surface area (Å²) in [6, 6.07) is 15.6. The summed E-state index contributed by atoms with van der Waals surface area (Å²) in [6.07, 6.45) is 2.76. The highest BCUT2D eigenvalue weighted by Crippen LogP contribution is 2.20. The van der Waals surface area contributed by atoms with Crippen LogP contribution in [-0.4, -0.2) is 25.4 Å². The van der Waals surface area contributed by atoms with E-state index < -0.39 is 17.6 Å². The maximum atomic E-state index is 12.3. The van der Waals surface area contributed by atoms with E-state index in [1.54, 1.807) is 42.5 Å². The third-order valence-electron chi connectivity index (χ3n) is 3.66. The third-order valence-corrected chi connectivity index (χ3v) is 3.66. The number of amides is 1. The summed E-state index contributed by atoms with van der Waals surface area (Å²) in [6.45, 7) is 2.35. The molecular weight excluding hydrogens is 344 g/mol. The summed E-state index contributed by atoms with van der Waals surface area (Å²) in [5.41, 5.74) is 1.13. The van der Waals surface area contributed by atoms with Crippen LogP contribution in [0, 0.1) is 17.2 Å². The number of nitriles is 1. The van der Waals surface area contributed by atoms with Gasteiger partial charge in [0.1, 0.15) is 11.5 Å². The molecule has 0 radical (unpaired) electrons. The van der Waals surface area contributed by atoms with Crippen LogP contribution in [0.1, 0.15) is 12.5 Å². The summed E-state index contributed by atoms with van der Waals surface area (Å²) in [5.74, 6) is -1.58. The quantitative estimate of drug-likeness (QED) is 0.572. The number of allylic oxidation sites excluding steroid dienone is 1. The molecule has 1 amide bonds. The highest BCUT2D eigenvalue weighted by molar-refractivity contribution is 6.14. The number of benzene rings is 2. The minimum absolute atomic E-state index is 0.443. The number of ketones is 1. The van der Waals surface area contributed by atoms with Gasteiger partial charge in [-0.15, -0.1) is 0 Å². The Kier molecular flexibility index (Phi) is 7.15. The number of ether oxygens (including phenoxy) is 2. The number of carbonyl (C=O) groups excluding carboxylic acids is 2. The lowest BCUT2D eigenvalue weighted by Gasteiger charge is -2.09. The van der Waals surface area contributed by atoms with E-state index in [1.807, 2.05) is 19.1 Å². The molecule has 0 spiro atoms. The molecule has 0 aliphatic heterocycles. The van der Waals surface area contributed by atoms with Crippen molar-refractivity contribution in [3.05, 3.63) is 60.2 Å². The van der Waals surface area contributed by atoms with E-state index in [0.29, 0.717) is 29.4 Å². The first-order chi connectivity index (χ1) is 13.1. The topological polar surface area (TPSA) is 88.4 Å². The summed E-state index contributed by atoms with van der Waals surface area (Å²) >= 11 is 0. The molecule has 6 heteroatoms. The number of methoxy groups -OCH3 is 1. The molecule has 0 aliphatic carbocycles. The van der Waals surface area contributed by atoms with Crippen molar-refractivity contribution < 1.29 is 19.1 Å². The summed E-state index contributed by atoms with van der Waals surface area (Å²) in [4.78, 5) is 24.6. The van der Waals surface area contributed by atoms with Gasteiger partial charge in [0.15, 0.2) is 11.7 Å². The van der Waals surface area contributed by atoms with Crippen LogP contribution >= 0.6 is 0 Å². The minimum Gasteiger partial charge on any atom is -0.497 e. The van der Waals surface area contributed by atoms with Gasteiger partial charge >= 0.3 is 0 Å². The lowest BCUT2D eigenvalue weighted by Crippen LogP contribution is -2.27. The van der Waals surface area contributed by atoms with Gasteiger partial charge in [0.25, 0.3) is 0 Å². The van der Waals surface area contributed by atoms with Crippen LogP contribution < -0.4 is 14.8 Å². The normalized spacial score (nSPS) is 11.4. The molecule has 1 unspecified atom stereocenters. The van der Waals surface area contributed by atoms with Crippen LogP contribution in [0.5, 0.6) is 11.5 Å². The number of hydrogen-bond donors (Lipinski definition) is 1. The van der Waals surface area contributed by atoms with E-state index in [9.17, 15) is 14.9 Å². The lowest BCUT2D eigenvalue weighted by atomic mass is 10.0. The van der Waals surface area contributed by atoms with Gasteiger partial charge in [0.2, 0.25) is 5.91 Å². The molecule has 2 rings (SSSR count). The van der Waals surface area contributed by atoms with E-state index in [2.05, 4.69) is 5.32 Å². The molecule has 0 saturated heterocycles. The lowest BCUT2D eigenvalue weighted by molar-refractivity contribution is -0.126. The Balaban J connectivity index is 2.11. The molecule has 138 valence electrons. The standard InChI is InChI=1S/C21H20N2O4/c1-3-27-20-10-5-4-7-15(20)11-12-19(24)18(14-22)21(25)23-16-8-6-9-17(13-16)26-2/h4-13,18H,3H2,1-2H3,(H,23,25)/b12-11+. The van der Waals surface area contributed by atoms with Gasteiger partial charge in [-0.05, 0) is 37.3 Å². The zero-order valence-corrected chi connectivity index (χ0v) is 15.1. The Hall–Kier alpha value is -3.59. The van der Waals surface area contributed by atoms with Crippen molar-refractivity contribution in [1.82, 2.24) is 0 Å². The van der Waals surface area contributed by atoms with Gasteiger partial charge in [-0.2, -0.15) is 5.26 Å². The molecule has 1 N–H and O–H groups in total. The number of carbonyl (C=O) groups is 2. The largest absolute Gasteiger partial charge is 0.497 e. The van der Waals surface area contributed by atoms with Gasteiger partial charge < -0.3 is 14.8 Å². The van der Waals surface area contributed by atoms with E-state index in [4.69, 9.17) is 9.47 Å². The Bertz CT molecular complexity index is 884. The number of hydrogen-bond acceptors (Lipinski definition) is 5. The molecule has 0 aliphatic rings. The zero-order valence-electron chi connectivity index (χ0n) is 15.1. The third kappa shape index (κ3) is 5.44. The molecular formula is C21H20N2O4. The first-order valence-electron chi connectivity index (χ1n) is 8.37. The van der Waals surface area contributed by atoms with Crippen molar-refractivity contribution in [1.29, 1.82) is 5.26 Å². The van der Waals surface area contributed by atoms with Crippen molar-refractivity contribution in [2.24, 2.45) is 5.92 Å². The molecule has 0 fully saturated rings. The fraction of sp³-hybridized carbons (Fsp3) is 0.190. The number of nitrogens with one attached hydrogen (secondary N) is 1. The maximum absolute atomic E-state index is 12.3. The Morgan fingerprint density at radius 3 is 2.70 bits per heavy atom. The van der Waals surface area contributed by atoms with Crippen LogP contribution in [0.3, 0.4) is 0 Å². The smallest absolute Gasteiger partial charge is 0.249 e. The van der Waals surface area contributed by atoms with Crippen LogP contribution in [-0.2, 0) is 9.59 Å². The number of nitrogens with zero attached hydrogens (tertiary/aromatic N) is 1. The highest BCUT2D eigenvalue weighted by Gasteiger charge is 2.24. The van der Waals surface area contributed by atoms with Crippen LogP contribution in [0.2, 0.25) is 0 Å². The van der Waals surface area contributed by atoms with Crippen LogP contribution in [0.15, 0.2) is 54.6 Å². The molecule has 6 nitrogen and oxygen atoms in total. The predicted octanol–water partition coefficient (Wildman–Crippen LogP) is 3.45. The van der Waals surface area contributed by atoms with Crippen molar-refractivity contribution in [2.45, 2.75) is 6.92 Å². The van der Waals surface area contributed by atoms with Crippen LogP contribution in [0.25, 0.3) is 6.08 Å². The first kappa shape index (κ1) is 19.7. The van der Waals surface area contributed by atoms with Crippen molar-refractivity contribution in [3.8, 4) is 17.6 Å². The monoisotopic (exact) mass is 364 g/mol. The molecule has 1 atom stereocenters. The van der Waals surface area contributed by atoms with E-state index in [1.165, 1.54) is 19.3 Å². The van der Waals surface area contributed by atoms with Crippen molar-refractivity contribution in [2.75, 3.05) is 19.0 Å². The first-order valence-corrected chi connectivity index (χ1v) is 8.37. The second kappa shape index (κ2) is 9.78. The average molecular weight is 364 g/mol. The van der Waals surface area contributed by atoms with Gasteiger partial charge in [-0.3, -0.25) is 9.59 Å². The second-order valence-electron chi connectivity index (χ2n) is 5.49. The molecule has 0 saturated carbocycles. The fourth-order valence-electron chi connectivity index (χ4n) is 2.34. The molecule has 2 aromatic carbocycles. The number of rotatable bonds is 8. The number of anilines is 1. The molecule has 2 aromatic rings. The summed E-state index contributed by atoms with van der Waals surface area (Å²) < 4.78 is 10.6. The SMILES string of the molecule is CCOc1ccccc1/C=C/C(=O)C(C#N)C(=O)Nc1cccc(OC)c1. The molecule has 0 bridgehead atoms. The van der Waals surface area contributed by atoms with Gasteiger partial charge in [0, 0.05) is 17.3 Å². The Labute approximate surface area is 158 Å². The molecule has 0 heterocycles. The summed E-state index contributed by atoms with van der Waals surface area (Å²) in [5, 5.41) is 11.8. The van der Waals surface area contributed by atoms with E-state index >= 15 is 0 Å². The second-order valence-corrected chi connectivity index (χ2v) is 5.49. The predicted molar refractivity (Wildman–Crippen MR) is 102 cm³/mol. The van der Waals surface area contributed by atoms with Crippen molar-refractivity contribution in [3.63, 3.8) is 0 Å². The van der Waals surface area contributed by atoms with E-state index in [0.717, 1.165) is 0 Å². The average Bonchev–Trinajstić information content (AvgIpc) is 2.68. The maximum Gasteiger partial charge on any atom is 0.249 e. The molecule has 27 heavy (non-hydrogen) atoms. The minimum atomic E-state index is -1.45. The summed E-state index contributed by atoms with van der Waals surface area (Å²) in [7, 11) is 1.51. The fourth-order valence-corrected chi connectivity index (χ4v) is 2.34. The van der Waals surface area contributed by atoms with Gasteiger partial charge in [-0.25, -0.2) is 0 Å². The Morgan fingerprint density at radius 2 is 2.00 bits per heavy atom.